The molecule has 0 radical (unpaired) electrons. The van der Waals surface area contributed by atoms with Crippen molar-refractivity contribution in [3.8, 4) is 0 Å². The molecule has 0 aliphatic heterocycles. The van der Waals surface area contributed by atoms with Crippen molar-refractivity contribution in [3.63, 3.8) is 0 Å². The van der Waals surface area contributed by atoms with Crippen LogP contribution in [0.3, 0.4) is 0 Å². The van der Waals surface area contributed by atoms with E-state index in [4.69, 9.17) is 11.6 Å². The van der Waals surface area contributed by atoms with Crippen LogP contribution in [0.25, 0.3) is 0 Å². The molecule has 0 aliphatic carbocycles. The molecule has 0 fully saturated rings. The van der Waals surface area contributed by atoms with Gasteiger partial charge in [0.05, 0.1) is 6.04 Å². The molecule has 0 saturated carbocycles. The lowest BCUT2D eigenvalue weighted by Gasteiger charge is -2.20. The van der Waals surface area contributed by atoms with E-state index in [0.717, 1.165) is 14.7 Å². The lowest BCUT2D eigenvalue weighted by molar-refractivity contribution is 0.621. The second-order valence-electron chi connectivity index (χ2n) is 3.91. The normalized spacial score (nSPS) is 12.4. The second-order valence-corrected chi connectivity index (χ2v) is 5.48. The average molecular weight is 376 g/mol. The maximum absolute atomic E-state index is 13.1. The molecule has 0 bridgehead atoms. The van der Waals surface area contributed by atoms with E-state index in [1.807, 2.05) is 31.3 Å². The zero-order valence-electron chi connectivity index (χ0n) is 9.75. The monoisotopic (exact) mass is 375 g/mol. The number of benzene rings is 2. The standard InChI is InChI=1S/C14H12ClFIN/c1-18-14(10-4-2-3-5-12(10)15)11-7-6-9(16)8-13(11)17/h2-8,14,18H,1H3. The van der Waals surface area contributed by atoms with Crippen LogP contribution >= 0.6 is 34.2 Å². The summed E-state index contributed by atoms with van der Waals surface area (Å²) in [4.78, 5) is 0. The van der Waals surface area contributed by atoms with Gasteiger partial charge in [-0.2, -0.15) is 0 Å². The molecule has 0 spiro atoms. The molecule has 0 saturated heterocycles. The van der Waals surface area contributed by atoms with Crippen molar-refractivity contribution < 1.29 is 4.39 Å². The molecule has 1 atom stereocenters. The summed E-state index contributed by atoms with van der Waals surface area (Å²) in [6.07, 6.45) is 0. The number of rotatable bonds is 3. The third-order valence-corrected chi connectivity index (χ3v) is 4.06. The zero-order chi connectivity index (χ0) is 13.1. The number of nitrogens with one attached hydrogen (secondary N) is 1. The molecular formula is C14H12ClFIN. The Labute approximate surface area is 124 Å². The molecule has 0 heterocycles. The van der Waals surface area contributed by atoms with Gasteiger partial charge < -0.3 is 5.32 Å². The summed E-state index contributed by atoms with van der Waals surface area (Å²) in [5.74, 6) is -0.225. The first-order chi connectivity index (χ1) is 8.63. The molecule has 0 aromatic heterocycles. The zero-order valence-corrected chi connectivity index (χ0v) is 12.7. The minimum atomic E-state index is -0.225. The Bertz CT molecular complexity index is 559. The fraction of sp³-hybridized carbons (Fsp3) is 0.143. The van der Waals surface area contributed by atoms with Gasteiger partial charge in [-0.25, -0.2) is 4.39 Å². The van der Waals surface area contributed by atoms with Gasteiger partial charge in [0.15, 0.2) is 0 Å². The Hall–Kier alpha value is -0.650. The summed E-state index contributed by atoms with van der Waals surface area (Å²) in [6.45, 7) is 0. The van der Waals surface area contributed by atoms with Crippen LogP contribution in [-0.4, -0.2) is 7.05 Å². The highest BCUT2D eigenvalue weighted by Crippen LogP contribution is 2.30. The Balaban J connectivity index is 2.49. The van der Waals surface area contributed by atoms with Gasteiger partial charge in [-0.1, -0.05) is 35.9 Å². The molecule has 1 N–H and O–H groups in total. The second kappa shape index (κ2) is 5.99. The predicted molar refractivity (Wildman–Crippen MR) is 81.5 cm³/mol. The van der Waals surface area contributed by atoms with Crippen molar-refractivity contribution in [1.29, 1.82) is 0 Å². The van der Waals surface area contributed by atoms with Crippen LogP contribution in [0.2, 0.25) is 5.02 Å². The minimum Gasteiger partial charge on any atom is -0.309 e. The van der Waals surface area contributed by atoms with E-state index < -0.39 is 0 Å². The van der Waals surface area contributed by atoms with Gasteiger partial charge in [0.25, 0.3) is 0 Å². The average Bonchev–Trinajstić information content (AvgIpc) is 2.34. The molecule has 18 heavy (non-hydrogen) atoms. The lowest BCUT2D eigenvalue weighted by Crippen LogP contribution is -2.19. The van der Waals surface area contributed by atoms with Crippen LogP contribution < -0.4 is 5.32 Å². The third kappa shape index (κ3) is 2.84. The highest BCUT2D eigenvalue weighted by Gasteiger charge is 2.17. The van der Waals surface area contributed by atoms with E-state index in [1.54, 1.807) is 6.07 Å². The largest absolute Gasteiger partial charge is 0.309 e. The first-order valence-corrected chi connectivity index (χ1v) is 6.96. The van der Waals surface area contributed by atoms with Crippen molar-refractivity contribution >= 4 is 34.2 Å². The van der Waals surface area contributed by atoms with Crippen LogP contribution in [0.4, 0.5) is 4.39 Å². The summed E-state index contributed by atoms with van der Waals surface area (Å²) in [6, 6.07) is 12.4. The topological polar surface area (TPSA) is 12.0 Å². The van der Waals surface area contributed by atoms with E-state index in [9.17, 15) is 4.39 Å². The van der Waals surface area contributed by atoms with Gasteiger partial charge in [-0.3, -0.25) is 0 Å². The SMILES string of the molecule is CNC(c1ccccc1Cl)c1ccc(F)cc1I. The molecule has 94 valence electrons. The fourth-order valence-corrected chi connectivity index (χ4v) is 2.96. The van der Waals surface area contributed by atoms with Crippen LogP contribution in [0.5, 0.6) is 0 Å². The maximum atomic E-state index is 13.1. The van der Waals surface area contributed by atoms with Crippen molar-refractivity contribution in [2.75, 3.05) is 7.05 Å². The summed E-state index contributed by atoms with van der Waals surface area (Å²) < 4.78 is 14.0. The van der Waals surface area contributed by atoms with Gasteiger partial charge in [-0.05, 0) is 59.0 Å². The van der Waals surface area contributed by atoms with Gasteiger partial charge >= 0.3 is 0 Å². The summed E-state index contributed by atoms with van der Waals surface area (Å²) in [5.41, 5.74) is 2.01. The van der Waals surface area contributed by atoms with Gasteiger partial charge in [0, 0.05) is 8.59 Å². The first-order valence-electron chi connectivity index (χ1n) is 5.50. The number of halogens is 3. The highest BCUT2D eigenvalue weighted by molar-refractivity contribution is 14.1. The first kappa shape index (κ1) is 13.8. The van der Waals surface area contributed by atoms with Crippen LogP contribution in [0, 0.1) is 9.39 Å². The van der Waals surface area contributed by atoms with Crippen molar-refractivity contribution in [3.05, 3.63) is 68.0 Å². The van der Waals surface area contributed by atoms with Crippen molar-refractivity contribution in [2.24, 2.45) is 0 Å². The minimum absolute atomic E-state index is 0.0359. The fourth-order valence-electron chi connectivity index (χ4n) is 1.92. The van der Waals surface area contributed by atoms with Crippen LogP contribution in [0.15, 0.2) is 42.5 Å². The summed E-state index contributed by atoms with van der Waals surface area (Å²) in [7, 11) is 1.87. The highest BCUT2D eigenvalue weighted by atomic mass is 127. The van der Waals surface area contributed by atoms with Gasteiger partial charge in [0.1, 0.15) is 5.82 Å². The molecule has 0 aliphatic rings. The van der Waals surface area contributed by atoms with E-state index in [1.165, 1.54) is 12.1 Å². The number of hydrogen-bond donors (Lipinski definition) is 1. The lowest BCUT2D eigenvalue weighted by atomic mass is 9.99. The molecular weight excluding hydrogens is 364 g/mol. The molecule has 2 aromatic rings. The Morgan fingerprint density at radius 1 is 1.17 bits per heavy atom. The van der Waals surface area contributed by atoms with Crippen molar-refractivity contribution in [1.82, 2.24) is 5.32 Å². The van der Waals surface area contributed by atoms with E-state index in [0.29, 0.717) is 5.02 Å². The van der Waals surface area contributed by atoms with E-state index in [-0.39, 0.29) is 11.9 Å². The predicted octanol–water partition coefficient (Wildman–Crippen LogP) is 4.39. The Kier molecular flexibility index (Phi) is 4.59. The smallest absolute Gasteiger partial charge is 0.124 e. The molecule has 4 heteroatoms. The van der Waals surface area contributed by atoms with Crippen molar-refractivity contribution in [2.45, 2.75) is 6.04 Å². The summed E-state index contributed by atoms with van der Waals surface area (Å²) >= 11 is 8.35. The molecule has 1 nitrogen and oxygen atoms in total. The number of hydrogen-bond acceptors (Lipinski definition) is 1. The molecule has 0 amide bonds. The molecule has 2 rings (SSSR count). The molecule has 2 aromatic carbocycles. The Morgan fingerprint density at radius 2 is 1.89 bits per heavy atom. The van der Waals surface area contributed by atoms with Gasteiger partial charge in [0.2, 0.25) is 0 Å². The maximum Gasteiger partial charge on any atom is 0.124 e. The van der Waals surface area contributed by atoms with Crippen LogP contribution in [-0.2, 0) is 0 Å². The van der Waals surface area contributed by atoms with Crippen LogP contribution in [0.1, 0.15) is 17.2 Å². The third-order valence-electron chi connectivity index (χ3n) is 2.78. The Morgan fingerprint density at radius 3 is 2.50 bits per heavy atom. The quantitative estimate of drug-likeness (QED) is 0.785. The van der Waals surface area contributed by atoms with E-state index >= 15 is 0 Å². The summed E-state index contributed by atoms with van der Waals surface area (Å²) in [5, 5.41) is 3.93. The van der Waals surface area contributed by atoms with Gasteiger partial charge in [-0.15, -0.1) is 0 Å². The van der Waals surface area contributed by atoms with E-state index in [2.05, 4.69) is 27.9 Å². The molecule has 1 unspecified atom stereocenters.